The molecule has 0 heterocycles. The van der Waals surface area contributed by atoms with Crippen LogP contribution < -0.4 is 11.1 Å². The lowest BCUT2D eigenvalue weighted by molar-refractivity contribution is -0.0644. The van der Waals surface area contributed by atoms with E-state index in [0.717, 1.165) is 0 Å². The van der Waals surface area contributed by atoms with Crippen molar-refractivity contribution >= 4 is 6.09 Å². The fourth-order valence-corrected chi connectivity index (χ4v) is 1.87. The average molecular weight is 230 g/mol. The van der Waals surface area contributed by atoms with Gasteiger partial charge in [-0.1, -0.05) is 0 Å². The Labute approximate surface area is 96.3 Å². The van der Waals surface area contributed by atoms with Crippen LogP contribution in [0.5, 0.6) is 0 Å². The van der Waals surface area contributed by atoms with Crippen molar-refractivity contribution in [3.8, 4) is 0 Å². The number of amides is 1. The molecule has 0 aliphatic heterocycles. The molecule has 1 aliphatic carbocycles. The van der Waals surface area contributed by atoms with Crippen molar-refractivity contribution in [2.24, 2.45) is 11.7 Å². The third kappa shape index (κ3) is 3.98. The molecular formula is C11H22N2O3. The van der Waals surface area contributed by atoms with E-state index < -0.39 is 17.3 Å². The summed E-state index contributed by atoms with van der Waals surface area (Å²) in [5.41, 5.74) is 4.23. The summed E-state index contributed by atoms with van der Waals surface area (Å²) in [4.78, 5) is 11.3. The Bertz CT molecular complexity index is 254. The quantitative estimate of drug-likeness (QED) is 0.663. The molecule has 1 rings (SSSR count). The van der Waals surface area contributed by atoms with E-state index in [0.29, 0.717) is 25.3 Å². The number of aliphatic hydroxyl groups is 1. The van der Waals surface area contributed by atoms with Crippen molar-refractivity contribution in [2.75, 3.05) is 13.1 Å². The second kappa shape index (κ2) is 4.59. The largest absolute Gasteiger partial charge is 0.444 e. The zero-order valence-electron chi connectivity index (χ0n) is 10.2. The Morgan fingerprint density at radius 3 is 2.56 bits per heavy atom. The topological polar surface area (TPSA) is 84.6 Å². The lowest BCUT2D eigenvalue weighted by atomic mass is 9.71. The third-order valence-electron chi connectivity index (χ3n) is 2.65. The van der Waals surface area contributed by atoms with E-state index in [1.54, 1.807) is 0 Å². The van der Waals surface area contributed by atoms with Crippen LogP contribution in [-0.2, 0) is 4.74 Å². The van der Waals surface area contributed by atoms with Crippen molar-refractivity contribution in [1.82, 2.24) is 5.32 Å². The molecule has 1 saturated carbocycles. The van der Waals surface area contributed by atoms with Gasteiger partial charge in [-0.25, -0.2) is 4.79 Å². The second-order valence-corrected chi connectivity index (χ2v) is 5.59. The minimum absolute atomic E-state index is 0.288. The Morgan fingerprint density at radius 1 is 1.56 bits per heavy atom. The number of nitrogens with one attached hydrogen (secondary N) is 1. The molecule has 0 aromatic rings. The third-order valence-corrected chi connectivity index (χ3v) is 2.65. The van der Waals surface area contributed by atoms with Gasteiger partial charge >= 0.3 is 6.09 Å². The molecule has 0 saturated heterocycles. The molecule has 5 nitrogen and oxygen atoms in total. The summed E-state index contributed by atoms with van der Waals surface area (Å²) in [5.74, 6) is 0.307. The van der Waals surface area contributed by atoms with E-state index in [4.69, 9.17) is 10.5 Å². The molecule has 0 unspecified atom stereocenters. The molecule has 1 fully saturated rings. The molecule has 0 aromatic heterocycles. The first-order valence-corrected chi connectivity index (χ1v) is 5.63. The Balaban J connectivity index is 2.16. The van der Waals surface area contributed by atoms with Crippen LogP contribution in [0.25, 0.3) is 0 Å². The highest BCUT2D eigenvalue weighted by Gasteiger charge is 2.41. The maximum atomic E-state index is 11.3. The van der Waals surface area contributed by atoms with Gasteiger partial charge in [-0.3, -0.25) is 0 Å². The van der Waals surface area contributed by atoms with Gasteiger partial charge in [-0.05, 0) is 39.5 Å². The Morgan fingerprint density at radius 2 is 2.12 bits per heavy atom. The molecule has 1 amide bonds. The number of carbonyl (C=O) groups excluding carboxylic acids is 1. The van der Waals surface area contributed by atoms with Crippen LogP contribution in [0, 0.1) is 5.92 Å². The summed E-state index contributed by atoms with van der Waals surface area (Å²) in [6.07, 6.45) is 0.897. The van der Waals surface area contributed by atoms with E-state index in [1.165, 1.54) is 0 Å². The zero-order valence-corrected chi connectivity index (χ0v) is 10.2. The van der Waals surface area contributed by atoms with Crippen molar-refractivity contribution in [1.29, 1.82) is 0 Å². The molecule has 0 aromatic carbocycles. The normalized spacial score (nSPS) is 29.4. The monoisotopic (exact) mass is 230 g/mol. The van der Waals surface area contributed by atoms with E-state index in [2.05, 4.69) is 5.32 Å². The van der Waals surface area contributed by atoms with Crippen molar-refractivity contribution < 1.29 is 14.6 Å². The summed E-state index contributed by atoms with van der Waals surface area (Å²) in [7, 11) is 0. The molecule has 1 aliphatic rings. The highest BCUT2D eigenvalue weighted by molar-refractivity contribution is 5.67. The first-order valence-electron chi connectivity index (χ1n) is 5.63. The zero-order chi connectivity index (χ0) is 12.4. The van der Waals surface area contributed by atoms with Crippen molar-refractivity contribution in [3.05, 3.63) is 0 Å². The SMILES string of the molecule is CC(C)(C)OC(=O)NCC1CC(O)(CN)C1. The van der Waals surface area contributed by atoms with Crippen LogP contribution in [0.15, 0.2) is 0 Å². The predicted octanol–water partition coefficient (Wildman–Crippen LogP) is 0.611. The van der Waals surface area contributed by atoms with E-state index >= 15 is 0 Å². The number of carbonyl (C=O) groups is 1. The van der Waals surface area contributed by atoms with Gasteiger partial charge in [0, 0.05) is 13.1 Å². The Kier molecular flexibility index (Phi) is 3.80. The number of nitrogens with two attached hydrogens (primary N) is 1. The number of hydrogen-bond acceptors (Lipinski definition) is 4. The molecular weight excluding hydrogens is 208 g/mol. The molecule has 5 heteroatoms. The lowest BCUT2D eigenvalue weighted by Gasteiger charge is -2.42. The van der Waals surface area contributed by atoms with Gasteiger partial charge < -0.3 is 20.9 Å². The van der Waals surface area contributed by atoms with Crippen molar-refractivity contribution in [2.45, 2.75) is 44.8 Å². The highest BCUT2D eigenvalue weighted by atomic mass is 16.6. The number of rotatable bonds is 3. The Hall–Kier alpha value is -0.810. The van der Waals surface area contributed by atoms with E-state index in [9.17, 15) is 9.90 Å². The van der Waals surface area contributed by atoms with Gasteiger partial charge in [0.25, 0.3) is 0 Å². The number of hydrogen-bond donors (Lipinski definition) is 3. The van der Waals surface area contributed by atoms with Crippen LogP contribution >= 0.6 is 0 Å². The minimum atomic E-state index is -0.708. The molecule has 0 atom stereocenters. The fraction of sp³-hybridized carbons (Fsp3) is 0.909. The number of alkyl carbamates (subject to hydrolysis) is 1. The van der Waals surface area contributed by atoms with Gasteiger partial charge in [0.05, 0.1) is 5.60 Å². The van der Waals surface area contributed by atoms with Crippen LogP contribution in [0.3, 0.4) is 0 Å². The van der Waals surface area contributed by atoms with Crippen LogP contribution in [0.4, 0.5) is 4.79 Å². The molecule has 94 valence electrons. The standard InChI is InChI=1S/C11H22N2O3/c1-10(2,3)16-9(14)13-6-8-4-11(15,5-8)7-12/h8,15H,4-7,12H2,1-3H3,(H,13,14). The maximum absolute atomic E-state index is 11.3. The van der Waals surface area contributed by atoms with Crippen molar-refractivity contribution in [3.63, 3.8) is 0 Å². The van der Waals surface area contributed by atoms with Crippen LogP contribution in [-0.4, -0.2) is 35.5 Å². The second-order valence-electron chi connectivity index (χ2n) is 5.59. The molecule has 0 bridgehead atoms. The number of ether oxygens (including phenoxy) is 1. The first kappa shape index (κ1) is 13.3. The van der Waals surface area contributed by atoms with Crippen LogP contribution in [0.2, 0.25) is 0 Å². The van der Waals surface area contributed by atoms with Gasteiger partial charge in [-0.15, -0.1) is 0 Å². The lowest BCUT2D eigenvalue weighted by Crippen LogP contribution is -2.52. The summed E-state index contributed by atoms with van der Waals surface area (Å²) in [6, 6.07) is 0. The van der Waals surface area contributed by atoms with Gasteiger partial charge in [0.15, 0.2) is 0 Å². The van der Waals surface area contributed by atoms with Gasteiger partial charge in [-0.2, -0.15) is 0 Å². The van der Waals surface area contributed by atoms with Gasteiger partial charge in [0.2, 0.25) is 0 Å². The molecule has 0 spiro atoms. The predicted molar refractivity (Wildman–Crippen MR) is 61.0 cm³/mol. The summed E-state index contributed by atoms with van der Waals surface area (Å²) in [6.45, 7) is 6.29. The minimum Gasteiger partial charge on any atom is -0.444 e. The summed E-state index contributed by atoms with van der Waals surface area (Å²) in [5, 5.41) is 12.4. The van der Waals surface area contributed by atoms with Crippen LogP contribution in [0.1, 0.15) is 33.6 Å². The first-order chi connectivity index (χ1) is 7.24. The summed E-state index contributed by atoms with van der Waals surface area (Å²) < 4.78 is 5.10. The average Bonchev–Trinajstić information content (AvgIpc) is 2.07. The molecule has 0 radical (unpaired) electrons. The molecule has 16 heavy (non-hydrogen) atoms. The van der Waals surface area contributed by atoms with E-state index in [1.807, 2.05) is 20.8 Å². The van der Waals surface area contributed by atoms with Gasteiger partial charge in [0.1, 0.15) is 5.60 Å². The maximum Gasteiger partial charge on any atom is 0.407 e. The summed E-state index contributed by atoms with van der Waals surface area (Å²) >= 11 is 0. The molecule has 4 N–H and O–H groups in total. The fourth-order valence-electron chi connectivity index (χ4n) is 1.87. The van der Waals surface area contributed by atoms with E-state index in [-0.39, 0.29) is 6.54 Å². The smallest absolute Gasteiger partial charge is 0.407 e. The highest BCUT2D eigenvalue weighted by Crippen LogP contribution is 2.36.